The summed E-state index contributed by atoms with van der Waals surface area (Å²) < 4.78 is 27.7. The fourth-order valence-corrected chi connectivity index (χ4v) is 6.53. The third-order valence-corrected chi connectivity index (χ3v) is 10.1. The van der Waals surface area contributed by atoms with Crippen molar-refractivity contribution in [2.45, 2.75) is 68.9 Å². The van der Waals surface area contributed by atoms with Crippen LogP contribution in [-0.2, 0) is 21.4 Å². The van der Waals surface area contributed by atoms with Crippen LogP contribution in [0, 0.1) is 11.8 Å². The Morgan fingerprint density at radius 2 is 1.85 bits per heavy atom. The molecule has 4 heterocycles. The summed E-state index contributed by atoms with van der Waals surface area (Å²) in [6.45, 7) is 2.00. The van der Waals surface area contributed by atoms with Crippen LogP contribution in [0.1, 0.15) is 56.6 Å². The lowest BCUT2D eigenvalue weighted by molar-refractivity contribution is -0.129. The molecule has 240 valence electrons. The third kappa shape index (κ3) is 7.35. The molecular formula is C31H36N10O4S. The van der Waals surface area contributed by atoms with E-state index in [1.807, 2.05) is 13.0 Å². The number of carbonyl (C=O) groups excluding carboxylic acids is 1. The summed E-state index contributed by atoms with van der Waals surface area (Å²) in [5.74, 6) is 7.55. The van der Waals surface area contributed by atoms with E-state index >= 15 is 0 Å². The van der Waals surface area contributed by atoms with E-state index in [0.717, 1.165) is 22.6 Å². The van der Waals surface area contributed by atoms with Gasteiger partial charge in [-0.1, -0.05) is 11.8 Å². The van der Waals surface area contributed by atoms with E-state index in [1.165, 1.54) is 17.3 Å². The SMILES string of the molecule is CN(C)C(=O)Cn1cc(C#Cc2cnc(Nc3ccnc(-c4cnn(S(=O)(=O)C5CC5)c4)n3)cc2NC2CCC(C)(O)CC2)cn1. The molecule has 0 atom stereocenters. The molecule has 0 bridgehead atoms. The second kappa shape index (κ2) is 12.5. The van der Waals surface area contributed by atoms with E-state index in [1.54, 1.807) is 49.6 Å². The van der Waals surface area contributed by atoms with Crippen LogP contribution in [0.5, 0.6) is 0 Å². The van der Waals surface area contributed by atoms with Crippen molar-refractivity contribution in [3.8, 4) is 23.2 Å². The highest BCUT2D eigenvalue weighted by atomic mass is 32.2. The molecule has 14 nitrogen and oxygen atoms in total. The molecule has 6 rings (SSSR count). The van der Waals surface area contributed by atoms with Crippen LogP contribution in [0.2, 0.25) is 0 Å². The number of amides is 1. The Balaban J connectivity index is 1.23. The fourth-order valence-electron chi connectivity index (χ4n) is 5.06. The van der Waals surface area contributed by atoms with Gasteiger partial charge in [0.05, 0.1) is 51.8 Å². The van der Waals surface area contributed by atoms with Crippen LogP contribution in [0.25, 0.3) is 11.4 Å². The van der Waals surface area contributed by atoms with E-state index in [4.69, 9.17) is 0 Å². The van der Waals surface area contributed by atoms with Gasteiger partial charge in [-0.3, -0.25) is 9.48 Å². The number of nitrogens with one attached hydrogen (secondary N) is 2. The van der Waals surface area contributed by atoms with Gasteiger partial charge in [0, 0.05) is 44.8 Å². The van der Waals surface area contributed by atoms with Gasteiger partial charge in [0.1, 0.15) is 18.2 Å². The molecule has 46 heavy (non-hydrogen) atoms. The number of aromatic nitrogens is 7. The molecule has 3 N–H and O–H groups in total. The van der Waals surface area contributed by atoms with Gasteiger partial charge < -0.3 is 20.6 Å². The summed E-state index contributed by atoms with van der Waals surface area (Å²) in [4.78, 5) is 27.0. The molecule has 4 aromatic rings. The maximum absolute atomic E-state index is 12.6. The maximum Gasteiger partial charge on any atom is 0.256 e. The van der Waals surface area contributed by atoms with Crippen molar-refractivity contribution in [2.24, 2.45) is 0 Å². The van der Waals surface area contributed by atoms with Gasteiger partial charge in [0.15, 0.2) is 5.82 Å². The van der Waals surface area contributed by atoms with Crippen LogP contribution in [0.15, 0.2) is 49.3 Å². The minimum atomic E-state index is -3.50. The summed E-state index contributed by atoms with van der Waals surface area (Å²) in [7, 11) is -0.101. The van der Waals surface area contributed by atoms with Crippen LogP contribution < -0.4 is 10.6 Å². The van der Waals surface area contributed by atoms with Crippen molar-refractivity contribution in [1.82, 2.24) is 38.8 Å². The Hall–Kier alpha value is -4.81. The Morgan fingerprint density at radius 1 is 1.07 bits per heavy atom. The zero-order valence-corrected chi connectivity index (χ0v) is 26.7. The molecule has 2 aliphatic rings. The van der Waals surface area contributed by atoms with Crippen molar-refractivity contribution in [1.29, 1.82) is 0 Å². The maximum atomic E-state index is 12.6. The second-order valence-corrected chi connectivity index (χ2v) is 14.3. The highest BCUT2D eigenvalue weighted by Crippen LogP contribution is 2.32. The first kappa shape index (κ1) is 31.2. The molecule has 0 unspecified atom stereocenters. The summed E-state index contributed by atoms with van der Waals surface area (Å²) in [6.07, 6.45) is 13.8. The monoisotopic (exact) mass is 644 g/mol. The molecule has 0 radical (unpaired) electrons. The van der Waals surface area contributed by atoms with Gasteiger partial charge >= 0.3 is 0 Å². The van der Waals surface area contributed by atoms with Crippen LogP contribution in [-0.4, -0.2) is 89.2 Å². The molecule has 2 fully saturated rings. The van der Waals surface area contributed by atoms with Gasteiger partial charge in [-0.05, 0) is 51.5 Å². The zero-order chi connectivity index (χ0) is 32.5. The first-order valence-corrected chi connectivity index (χ1v) is 16.6. The molecule has 4 aromatic heterocycles. The minimum absolute atomic E-state index is 0.0692. The Morgan fingerprint density at radius 3 is 2.59 bits per heavy atom. The lowest BCUT2D eigenvalue weighted by Crippen LogP contribution is -2.35. The highest BCUT2D eigenvalue weighted by Gasteiger charge is 2.37. The van der Waals surface area contributed by atoms with E-state index in [0.29, 0.717) is 59.8 Å². The molecule has 1 amide bonds. The van der Waals surface area contributed by atoms with Crippen molar-refractivity contribution < 1.29 is 18.3 Å². The number of anilines is 3. The lowest BCUT2D eigenvalue weighted by atomic mass is 9.83. The van der Waals surface area contributed by atoms with Crippen LogP contribution in [0.4, 0.5) is 17.3 Å². The van der Waals surface area contributed by atoms with Crippen LogP contribution in [0.3, 0.4) is 0 Å². The van der Waals surface area contributed by atoms with Gasteiger partial charge in [-0.15, -0.1) is 0 Å². The van der Waals surface area contributed by atoms with Crippen molar-refractivity contribution in [3.05, 3.63) is 60.4 Å². The normalized spacial score (nSPS) is 19.6. The predicted molar refractivity (Wildman–Crippen MR) is 172 cm³/mol. The van der Waals surface area contributed by atoms with E-state index in [9.17, 15) is 18.3 Å². The Kier molecular flexibility index (Phi) is 8.49. The van der Waals surface area contributed by atoms with Gasteiger partial charge in [0.25, 0.3) is 10.0 Å². The summed E-state index contributed by atoms with van der Waals surface area (Å²) in [6, 6.07) is 3.70. The number of aliphatic hydroxyl groups is 1. The quantitative estimate of drug-likeness (QED) is 0.229. The van der Waals surface area contributed by atoms with Crippen molar-refractivity contribution in [2.75, 3.05) is 24.7 Å². The predicted octanol–water partition coefficient (Wildman–Crippen LogP) is 2.61. The smallest absolute Gasteiger partial charge is 0.256 e. The van der Waals surface area contributed by atoms with E-state index in [2.05, 4.69) is 47.6 Å². The standard InChI is InChI=1S/C31H36N10O4S/c1-31(43)11-8-24(9-12-31)36-26-14-28(33-16-22(26)5-4-21-15-34-40(18-21)20-29(42)39(2)3)37-27-10-13-32-30(38-27)23-17-35-41(19-23)46(44,45)25-6-7-25/h10,13-19,24-25,43H,6-9,11-12,20H2,1-3H3,(H2,32,33,36,37,38). The average Bonchev–Trinajstić information content (AvgIpc) is 3.60. The number of hydrogen-bond acceptors (Lipinski definition) is 11. The third-order valence-electron chi connectivity index (χ3n) is 8.03. The topological polar surface area (TPSA) is 173 Å². The number of rotatable bonds is 9. The Labute approximate surface area is 267 Å². The molecule has 0 saturated heterocycles. The number of hydrogen-bond donors (Lipinski definition) is 3. The van der Waals surface area contributed by atoms with E-state index < -0.39 is 15.6 Å². The first-order chi connectivity index (χ1) is 21.9. The first-order valence-electron chi connectivity index (χ1n) is 15.1. The lowest BCUT2D eigenvalue weighted by Gasteiger charge is -2.34. The zero-order valence-electron chi connectivity index (χ0n) is 25.9. The Bertz CT molecular complexity index is 1910. The number of pyridine rings is 1. The number of carbonyl (C=O) groups is 1. The molecule has 15 heteroatoms. The van der Waals surface area contributed by atoms with E-state index in [-0.39, 0.29) is 23.7 Å². The molecule has 2 saturated carbocycles. The minimum Gasteiger partial charge on any atom is -0.390 e. The number of nitrogens with zero attached hydrogens (tertiary/aromatic N) is 8. The van der Waals surface area contributed by atoms with Gasteiger partial charge in [-0.2, -0.15) is 14.3 Å². The highest BCUT2D eigenvalue weighted by molar-refractivity contribution is 7.90. The summed E-state index contributed by atoms with van der Waals surface area (Å²) in [5.41, 5.74) is 1.93. The largest absolute Gasteiger partial charge is 0.390 e. The molecule has 0 aromatic carbocycles. The number of likely N-dealkylation sites (N-methyl/N-ethyl adjacent to an activating group) is 1. The van der Waals surface area contributed by atoms with Crippen LogP contribution >= 0.6 is 0 Å². The summed E-state index contributed by atoms with van der Waals surface area (Å²) >= 11 is 0. The molecule has 0 spiro atoms. The average molecular weight is 645 g/mol. The molecular weight excluding hydrogens is 608 g/mol. The second-order valence-electron chi connectivity index (χ2n) is 12.2. The van der Waals surface area contributed by atoms with Gasteiger partial charge in [0.2, 0.25) is 5.91 Å². The van der Waals surface area contributed by atoms with Crippen molar-refractivity contribution >= 4 is 33.3 Å². The van der Waals surface area contributed by atoms with Crippen molar-refractivity contribution in [3.63, 3.8) is 0 Å². The van der Waals surface area contributed by atoms with Gasteiger partial charge in [-0.25, -0.2) is 23.4 Å². The molecule has 0 aliphatic heterocycles. The fraction of sp³-hybridized carbons (Fsp3) is 0.419. The summed E-state index contributed by atoms with van der Waals surface area (Å²) in [5, 5.41) is 25.2. The molecule has 2 aliphatic carbocycles.